The van der Waals surface area contributed by atoms with Crippen molar-refractivity contribution in [1.82, 2.24) is 4.98 Å². The second-order valence-corrected chi connectivity index (χ2v) is 3.62. The van der Waals surface area contributed by atoms with E-state index in [1.165, 1.54) is 0 Å². The van der Waals surface area contributed by atoms with Gasteiger partial charge in [-0.2, -0.15) is 5.26 Å². The van der Waals surface area contributed by atoms with E-state index in [1.54, 1.807) is 12.3 Å². The molecule has 0 amide bonds. The zero-order valence-electron chi connectivity index (χ0n) is 9.36. The number of hydrogen-bond donors (Lipinski definition) is 1. The van der Waals surface area contributed by atoms with Crippen LogP contribution < -0.4 is 10.6 Å². The smallest absolute Gasteiger partial charge is 0.146 e. The van der Waals surface area contributed by atoms with Crippen LogP contribution in [0, 0.1) is 11.3 Å². The number of nitrogens with two attached hydrogens (primary N) is 1. The van der Waals surface area contributed by atoms with Gasteiger partial charge in [0.25, 0.3) is 0 Å². The maximum Gasteiger partial charge on any atom is 0.146 e. The highest BCUT2D eigenvalue weighted by Crippen LogP contribution is 2.20. The number of nitrogens with zero attached hydrogens (tertiary/aromatic N) is 3. The molecule has 0 saturated heterocycles. The summed E-state index contributed by atoms with van der Waals surface area (Å²) in [6.07, 6.45) is 2.59. The van der Waals surface area contributed by atoms with Crippen molar-refractivity contribution in [3.05, 3.63) is 17.8 Å². The first-order valence-electron chi connectivity index (χ1n) is 4.98. The molecule has 0 aliphatic carbocycles. The van der Waals surface area contributed by atoms with Gasteiger partial charge in [0.1, 0.15) is 11.9 Å². The predicted octanol–water partition coefficient (Wildman–Crippen LogP) is 1.77. The summed E-state index contributed by atoms with van der Waals surface area (Å²) < 4.78 is 0. The standard InChI is InChI=1S/C11H16N4/c1-4-8(2)15(3)11-9(6-12)5-10(13)7-14-11/h5,7-8H,4,13H2,1-3H3. The number of anilines is 2. The Morgan fingerprint density at radius 1 is 1.67 bits per heavy atom. The van der Waals surface area contributed by atoms with E-state index in [1.807, 2.05) is 11.9 Å². The van der Waals surface area contributed by atoms with Crippen molar-refractivity contribution in [1.29, 1.82) is 5.26 Å². The van der Waals surface area contributed by atoms with Crippen molar-refractivity contribution in [2.75, 3.05) is 17.7 Å². The average Bonchev–Trinajstić information content (AvgIpc) is 2.26. The summed E-state index contributed by atoms with van der Waals surface area (Å²) in [5.74, 6) is 0.695. The molecule has 1 unspecified atom stereocenters. The first-order valence-corrected chi connectivity index (χ1v) is 4.98. The summed E-state index contributed by atoms with van der Waals surface area (Å²) in [7, 11) is 1.94. The van der Waals surface area contributed by atoms with Crippen molar-refractivity contribution in [3.63, 3.8) is 0 Å². The number of rotatable bonds is 3. The quantitative estimate of drug-likeness (QED) is 0.814. The van der Waals surface area contributed by atoms with E-state index in [-0.39, 0.29) is 0 Å². The minimum Gasteiger partial charge on any atom is -0.397 e. The lowest BCUT2D eigenvalue weighted by Gasteiger charge is -2.25. The van der Waals surface area contributed by atoms with Crippen LogP contribution in [0.5, 0.6) is 0 Å². The van der Waals surface area contributed by atoms with Gasteiger partial charge < -0.3 is 10.6 Å². The van der Waals surface area contributed by atoms with Crippen LogP contribution in [0.4, 0.5) is 11.5 Å². The van der Waals surface area contributed by atoms with Crippen molar-refractivity contribution in [2.24, 2.45) is 0 Å². The second-order valence-electron chi connectivity index (χ2n) is 3.62. The van der Waals surface area contributed by atoms with Gasteiger partial charge in [-0.25, -0.2) is 4.98 Å². The molecule has 0 fully saturated rings. The Hall–Kier alpha value is -1.76. The molecule has 4 heteroatoms. The molecule has 1 aromatic rings. The molecule has 1 aromatic heterocycles. The number of nitrogen functional groups attached to an aromatic ring is 1. The molecule has 0 aliphatic rings. The van der Waals surface area contributed by atoms with Crippen LogP contribution in [-0.2, 0) is 0 Å². The Bertz CT molecular complexity index is 381. The van der Waals surface area contributed by atoms with Gasteiger partial charge in [0, 0.05) is 13.1 Å². The zero-order valence-corrected chi connectivity index (χ0v) is 9.36. The fourth-order valence-electron chi connectivity index (χ4n) is 1.32. The molecule has 0 spiro atoms. The fraction of sp³-hybridized carbons (Fsp3) is 0.455. The third kappa shape index (κ3) is 2.38. The highest BCUT2D eigenvalue weighted by Gasteiger charge is 2.13. The molecule has 1 atom stereocenters. The Morgan fingerprint density at radius 3 is 2.87 bits per heavy atom. The van der Waals surface area contributed by atoms with Crippen LogP contribution in [0.15, 0.2) is 12.3 Å². The highest BCUT2D eigenvalue weighted by atomic mass is 15.2. The van der Waals surface area contributed by atoms with Crippen LogP contribution in [0.3, 0.4) is 0 Å². The van der Waals surface area contributed by atoms with E-state index in [2.05, 4.69) is 24.9 Å². The molecular weight excluding hydrogens is 188 g/mol. The second kappa shape index (κ2) is 4.65. The topological polar surface area (TPSA) is 65.9 Å². The summed E-state index contributed by atoms with van der Waals surface area (Å²) in [4.78, 5) is 6.19. The summed E-state index contributed by atoms with van der Waals surface area (Å²) in [5.41, 5.74) is 6.63. The normalized spacial score (nSPS) is 11.9. The van der Waals surface area contributed by atoms with Crippen LogP contribution in [-0.4, -0.2) is 18.1 Å². The number of nitriles is 1. The number of pyridine rings is 1. The zero-order chi connectivity index (χ0) is 11.4. The monoisotopic (exact) mass is 204 g/mol. The van der Waals surface area contributed by atoms with Crippen molar-refractivity contribution >= 4 is 11.5 Å². The Labute approximate surface area is 90.3 Å². The molecule has 0 radical (unpaired) electrons. The molecule has 0 aromatic carbocycles. The first kappa shape index (κ1) is 11.3. The van der Waals surface area contributed by atoms with E-state index in [0.29, 0.717) is 23.1 Å². The van der Waals surface area contributed by atoms with E-state index in [9.17, 15) is 0 Å². The van der Waals surface area contributed by atoms with E-state index >= 15 is 0 Å². The maximum atomic E-state index is 8.97. The molecule has 2 N–H and O–H groups in total. The largest absolute Gasteiger partial charge is 0.397 e. The van der Waals surface area contributed by atoms with Crippen LogP contribution in [0.25, 0.3) is 0 Å². The number of hydrogen-bond acceptors (Lipinski definition) is 4. The molecule has 15 heavy (non-hydrogen) atoms. The molecule has 0 bridgehead atoms. The molecule has 0 aliphatic heterocycles. The van der Waals surface area contributed by atoms with Crippen LogP contribution in [0.2, 0.25) is 0 Å². The van der Waals surface area contributed by atoms with Crippen molar-refractivity contribution in [3.8, 4) is 6.07 Å². The lowest BCUT2D eigenvalue weighted by Crippen LogP contribution is -2.29. The third-order valence-electron chi connectivity index (χ3n) is 2.59. The molecule has 1 rings (SSSR count). The van der Waals surface area contributed by atoms with Crippen molar-refractivity contribution < 1.29 is 0 Å². The lowest BCUT2D eigenvalue weighted by molar-refractivity contribution is 0.656. The van der Waals surface area contributed by atoms with Crippen molar-refractivity contribution in [2.45, 2.75) is 26.3 Å². The fourth-order valence-corrected chi connectivity index (χ4v) is 1.32. The number of aromatic nitrogens is 1. The minimum absolute atomic E-state index is 0.355. The molecular formula is C11H16N4. The summed E-state index contributed by atoms with van der Waals surface area (Å²) in [6, 6.07) is 4.12. The average molecular weight is 204 g/mol. The van der Waals surface area contributed by atoms with E-state index in [4.69, 9.17) is 11.0 Å². The lowest BCUT2D eigenvalue weighted by atomic mass is 10.2. The van der Waals surface area contributed by atoms with E-state index < -0.39 is 0 Å². The Morgan fingerprint density at radius 2 is 2.33 bits per heavy atom. The molecule has 4 nitrogen and oxygen atoms in total. The Balaban J connectivity index is 3.09. The van der Waals surface area contributed by atoms with Gasteiger partial charge in [-0.05, 0) is 19.4 Å². The molecule has 80 valence electrons. The van der Waals surface area contributed by atoms with Gasteiger partial charge in [0.15, 0.2) is 0 Å². The predicted molar refractivity (Wildman–Crippen MR) is 61.5 cm³/mol. The SMILES string of the molecule is CCC(C)N(C)c1ncc(N)cc1C#N. The van der Waals surface area contributed by atoms with Gasteiger partial charge in [0.05, 0.1) is 17.4 Å². The van der Waals surface area contributed by atoms with Crippen LogP contribution in [0.1, 0.15) is 25.8 Å². The highest BCUT2D eigenvalue weighted by molar-refractivity contribution is 5.58. The summed E-state index contributed by atoms with van der Waals surface area (Å²) >= 11 is 0. The van der Waals surface area contributed by atoms with Gasteiger partial charge in [-0.1, -0.05) is 6.92 Å². The van der Waals surface area contributed by atoms with Gasteiger partial charge in [-0.15, -0.1) is 0 Å². The van der Waals surface area contributed by atoms with Crippen LogP contribution >= 0.6 is 0 Å². The molecule has 1 heterocycles. The summed E-state index contributed by atoms with van der Waals surface area (Å²) in [5, 5.41) is 8.97. The Kier molecular flexibility index (Phi) is 3.51. The minimum atomic E-state index is 0.355. The van der Waals surface area contributed by atoms with E-state index in [0.717, 1.165) is 6.42 Å². The van der Waals surface area contributed by atoms with Gasteiger partial charge in [0.2, 0.25) is 0 Å². The van der Waals surface area contributed by atoms with Gasteiger partial charge in [-0.3, -0.25) is 0 Å². The molecule has 0 saturated carbocycles. The first-order chi connectivity index (χ1) is 7.10. The summed E-state index contributed by atoms with van der Waals surface area (Å²) in [6.45, 7) is 4.20. The van der Waals surface area contributed by atoms with Gasteiger partial charge >= 0.3 is 0 Å². The third-order valence-corrected chi connectivity index (χ3v) is 2.59. The maximum absolute atomic E-state index is 8.97.